The van der Waals surface area contributed by atoms with Crippen LogP contribution in [0.5, 0.6) is 0 Å². The number of carbonyl (C=O) groups is 6. The highest BCUT2D eigenvalue weighted by atomic mass is 32.1. The smallest absolute Gasteiger partial charge is 0.508 e. The van der Waals surface area contributed by atoms with Gasteiger partial charge in [-0.05, 0) is 72.9 Å². The van der Waals surface area contributed by atoms with Crippen molar-refractivity contribution in [3.63, 3.8) is 0 Å². The van der Waals surface area contributed by atoms with Gasteiger partial charge < -0.3 is 43.9 Å². The van der Waals surface area contributed by atoms with Crippen LogP contribution in [-0.2, 0) is 76.0 Å². The molecule has 6 atom stereocenters. The lowest BCUT2D eigenvalue weighted by molar-refractivity contribution is -0.143. The van der Waals surface area contributed by atoms with Gasteiger partial charge in [-0.25, -0.2) is 0 Å². The van der Waals surface area contributed by atoms with E-state index in [9.17, 15) is 28.8 Å². The van der Waals surface area contributed by atoms with Crippen LogP contribution in [0.25, 0.3) is 0 Å². The SMILES string of the molecule is O=C(Cc1cccs1)N[C@H]1CC[C@H]2CC(=O)OB(O2)[C@@H](NC(=O)Cc2cccs2)CC[C@H]2CC(=O)OB(O2)[C@@H](NC(=O)Cc2cccs2)CC[C@H]2CC(=O)OB1O2. The topological polar surface area (TPSA) is 194 Å². The molecule has 21 heteroatoms. The van der Waals surface area contributed by atoms with Gasteiger partial charge >= 0.3 is 21.4 Å². The lowest BCUT2D eigenvalue weighted by Crippen LogP contribution is -2.57. The molecule has 3 amide bonds. The highest BCUT2D eigenvalue weighted by Gasteiger charge is 2.47. The summed E-state index contributed by atoms with van der Waals surface area (Å²) in [6, 6.07) is 11.1. The molecule has 0 aliphatic carbocycles. The molecule has 6 bridgehead atoms. The minimum Gasteiger partial charge on any atom is -0.508 e. The van der Waals surface area contributed by atoms with E-state index in [0.717, 1.165) is 14.6 Å². The quantitative estimate of drug-likeness (QED) is 0.268. The largest absolute Gasteiger partial charge is 0.551 e. The first kappa shape index (κ1) is 41.2. The number of fused-ring (bicyclic) bond motifs is 6. The van der Waals surface area contributed by atoms with Crippen LogP contribution >= 0.6 is 34.0 Å². The van der Waals surface area contributed by atoms with E-state index in [2.05, 4.69) is 16.0 Å². The molecule has 15 nitrogen and oxygen atoms in total. The summed E-state index contributed by atoms with van der Waals surface area (Å²) in [4.78, 5) is 81.8. The molecule has 7 heterocycles. The van der Waals surface area contributed by atoms with Crippen LogP contribution in [-0.4, -0.2) is 93.1 Å². The highest BCUT2D eigenvalue weighted by Crippen LogP contribution is 2.28. The lowest BCUT2D eigenvalue weighted by atomic mass is 9.70. The maximum Gasteiger partial charge on any atom is 0.551 e. The van der Waals surface area contributed by atoms with Crippen LogP contribution in [0.3, 0.4) is 0 Å². The summed E-state index contributed by atoms with van der Waals surface area (Å²) in [7, 11) is -3.51. The molecular weight excluding hydrogens is 795 g/mol. The molecule has 0 radical (unpaired) electrons. The van der Waals surface area contributed by atoms with Crippen molar-refractivity contribution in [1.82, 2.24) is 16.0 Å². The molecule has 4 aliphatic heterocycles. The average molecular weight is 837 g/mol. The number of hydrogen-bond donors (Lipinski definition) is 3. The normalized spacial score (nSPS) is 25.9. The molecule has 4 saturated heterocycles. The number of thiophene rings is 3. The van der Waals surface area contributed by atoms with Gasteiger partial charge in [-0.15, -0.1) is 34.0 Å². The Hall–Kier alpha value is -4.01. The van der Waals surface area contributed by atoms with E-state index < -0.39 is 75.4 Å². The Balaban J connectivity index is 1.15. The van der Waals surface area contributed by atoms with Crippen LogP contribution in [0.2, 0.25) is 0 Å². The van der Waals surface area contributed by atoms with E-state index in [0.29, 0.717) is 0 Å². The summed E-state index contributed by atoms with van der Waals surface area (Å²) in [6.45, 7) is 0. The zero-order chi connectivity index (χ0) is 39.7. The van der Waals surface area contributed by atoms with Crippen molar-refractivity contribution < 1.29 is 56.7 Å². The standard InChI is InChI=1S/C36H42B3N3O12S3/c43-31(19-25-4-1-13-55-25)40-28-10-7-22-16-35(47)53-38(50-22)30(42-33(45)21-27-6-3-15-57-27)12-9-24-18-36(48)54-39(51-24)29(41-32(44)20-26-5-2-14-56-26)11-8-23-17-34(46)52-37(28)49-23/h1-6,13-15,22-24,28-30H,7-12,16-21H2,(H,40,43)(H,41,44)(H,42,45)/t22-,23-,24-,28-,29-,30-/m0/s1. The van der Waals surface area contributed by atoms with Gasteiger partial charge in [-0.1, -0.05) is 18.2 Å². The van der Waals surface area contributed by atoms with Gasteiger partial charge in [0, 0.05) is 14.6 Å². The molecule has 3 aromatic rings. The van der Waals surface area contributed by atoms with Crippen molar-refractivity contribution >= 4 is 91.0 Å². The minimum atomic E-state index is -1.17. The molecule has 4 aliphatic rings. The first-order chi connectivity index (χ1) is 27.6. The fourth-order valence-electron chi connectivity index (χ4n) is 7.34. The van der Waals surface area contributed by atoms with Crippen molar-refractivity contribution in [2.75, 3.05) is 0 Å². The maximum absolute atomic E-state index is 13.3. The van der Waals surface area contributed by atoms with E-state index in [4.69, 9.17) is 27.9 Å². The van der Waals surface area contributed by atoms with Crippen LogP contribution in [0.1, 0.15) is 72.4 Å². The Kier molecular flexibility index (Phi) is 14.2. The number of amides is 3. The second-order valence-corrected chi connectivity index (χ2v) is 17.6. The number of hydrogen-bond acceptors (Lipinski definition) is 15. The maximum atomic E-state index is 13.3. The van der Waals surface area contributed by atoms with E-state index in [-0.39, 0.29) is 94.8 Å². The summed E-state index contributed by atoms with van der Waals surface area (Å²) >= 11 is 4.32. The van der Waals surface area contributed by atoms with Crippen LogP contribution < -0.4 is 16.0 Å². The summed E-state index contributed by atoms with van der Waals surface area (Å²) in [5.74, 6) is -4.93. The molecule has 300 valence electrons. The second-order valence-electron chi connectivity index (χ2n) is 14.5. The van der Waals surface area contributed by atoms with Crippen LogP contribution in [0.15, 0.2) is 52.5 Å². The van der Waals surface area contributed by atoms with Crippen molar-refractivity contribution in [2.24, 2.45) is 0 Å². The van der Waals surface area contributed by atoms with Crippen molar-refractivity contribution in [2.45, 2.75) is 113 Å². The predicted molar refractivity (Wildman–Crippen MR) is 212 cm³/mol. The minimum absolute atomic E-state index is 0.0744. The van der Waals surface area contributed by atoms with Gasteiger partial charge in [0.25, 0.3) is 17.9 Å². The third-order valence-electron chi connectivity index (χ3n) is 10.1. The van der Waals surface area contributed by atoms with E-state index >= 15 is 0 Å². The van der Waals surface area contributed by atoms with Gasteiger partial charge in [-0.3, -0.25) is 28.8 Å². The Bertz CT molecular complexity index is 1640. The number of nitrogens with one attached hydrogen (secondary N) is 3. The number of carbonyl (C=O) groups excluding carboxylic acids is 6. The molecule has 3 N–H and O–H groups in total. The summed E-state index contributed by atoms with van der Waals surface area (Å²) in [6.07, 6.45) is -0.482. The monoisotopic (exact) mass is 837 g/mol. The third kappa shape index (κ3) is 12.0. The van der Waals surface area contributed by atoms with Gasteiger partial charge in [0.1, 0.15) is 0 Å². The molecule has 4 fully saturated rings. The molecule has 0 unspecified atom stereocenters. The lowest BCUT2D eigenvalue weighted by Gasteiger charge is -2.36. The van der Waals surface area contributed by atoms with Crippen molar-refractivity contribution in [3.05, 3.63) is 67.2 Å². The van der Waals surface area contributed by atoms with Crippen molar-refractivity contribution in [3.8, 4) is 0 Å². The van der Waals surface area contributed by atoms with E-state index in [1.54, 1.807) is 0 Å². The molecule has 3 aromatic heterocycles. The Morgan fingerprint density at radius 3 is 1.07 bits per heavy atom. The Morgan fingerprint density at radius 2 is 0.807 bits per heavy atom. The average Bonchev–Trinajstić information content (AvgIpc) is 3.98. The first-order valence-corrected chi connectivity index (χ1v) is 21.8. The van der Waals surface area contributed by atoms with Gasteiger partial charge in [0.2, 0.25) is 17.7 Å². The fraction of sp³-hybridized carbons (Fsp3) is 0.500. The van der Waals surface area contributed by atoms with Gasteiger partial charge in [0.15, 0.2) is 0 Å². The first-order valence-electron chi connectivity index (χ1n) is 19.1. The van der Waals surface area contributed by atoms with Gasteiger partial charge in [0.05, 0.1) is 74.7 Å². The summed E-state index contributed by atoms with van der Waals surface area (Å²) in [5.41, 5.74) is 0. The number of rotatable bonds is 9. The molecule has 57 heavy (non-hydrogen) atoms. The molecule has 0 saturated carbocycles. The zero-order valence-corrected chi connectivity index (χ0v) is 33.5. The fourth-order valence-corrected chi connectivity index (χ4v) is 9.45. The van der Waals surface area contributed by atoms with Gasteiger partial charge in [-0.2, -0.15) is 0 Å². The zero-order valence-electron chi connectivity index (χ0n) is 31.0. The van der Waals surface area contributed by atoms with Crippen LogP contribution in [0, 0.1) is 0 Å². The third-order valence-corrected chi connectivity index (χ3v) is 12.7. The van der Waals surface area contributed by atoms with E-state index in [1.165, 1.54) is 34.0 Å². The van der Waals surface area contributed by atoms with E-state index in [1.807, 2.05) is 52.5 Å². The Morgan fingerprint density at radius 1 is 0.509 bits per heavy atom. The molecule has 0 aromatic carbocycles. The molecule has 0 spiro atoms. The van der Waals surface area contributed by atoms with Crippen LogP contribution in [0.4, 0.5) is 0 Å². The highest BCUT2D eigenvalue weighted by molar-refractivity contribution is 7.10. The summed E-state index contributed by atoms with van der Waals surface area (Å²) < 4.78 is 36.1. The van der Waals surface area contributed by atoms with Crippen molar-refractivity contribution in [1.29, 1.82) is 0 Å². The second kappa shape index (κ2) is 19.6. The predicted octanol–water partition coefficient (Wildman–Crippen LogP) is 2.79. The molecule has 7 rings (SSSR count). The molecular formula is C36H42B3N3O12S3. The Labute approximate surface area is 342 Å². The summed E-state index contributed by atoms with van der Waals surface area (Å²) in [5, 5.41) is 14.6.